The molecule has 0 spiro atoms. The fourth-order valence-corrected chi connectivity index (χ4v) is 4.85. The molecule has 1 fully saturated rings. The summed E-state index contributed by atoms with van der Waals surface area (Å²) in [6, 6.07) is 17.7. The molecule has 4 rings (SSSR count). The first-order valence-corrected chi connectivity index (χ1v) is 11.1. The van der Waals surface area contributed by atoms with Crippen molar-refractivity contribution in [2.45, 2.75) is 57.8 Å². The van der Waals surface area contributed by atoms with Crippen LogP contribution in [0.4, 0.5) is 10.5 Å². The van der Waals surface area contributed by atoms with E-state index in [2.05, 4.69) is 42.3 Å². The van der Waals surface area contributed by atoms with Gasteiger partial charge in [-0.2, -0.15) is 0 Å². The lowest BCUT2D eigenvalue weighted by Gasteiger charge is -2.39. The second-order valence-electron chi connectivity index (χ2n) is 8.82. The Morgan fingerprint density at radius 2 is 1.87 bits per heavy atom. The van der Waals surface area contributed by atoms with Crippen LogP contribution in [0.3, 0.4) is 0 Å². The van der Waals surface area contributed by atoms with Gasteiger partial charge in [-0.05, 0) is 61.9 Å². The molecular formula is C25H33N3O2. The summed E-state index contributed by atoms with van der Waals surface area (Å²) in [5, 5.41) is 3.60. The number of amides is 1. The topological polar surface area (TPSA) is 44.8 Å². The summed E-state index contributed by atoms with van der Waals surface area (Å²) in [5.41, 5.74) is 4.89. The Kier molecular flexibility index (Phi) is 6.28. The van der Waals surface area contributed by atoms with Crippen molar-refractivity contribution >= 4 is 11.8 Å². The molecule has 0 radical (unpaired) electrons. The highest BCUT2D eigenvalue weighted by Crippen LogP contribution is 2.36. The number of piperazine rings is 1. The largest absolute Gasteiger partial charge is 0.445 e. The summed E-state index contributed by atoms with van der Waals surface area (Å²) in [6.45, 7) is 6.78. The molecule has 0 aromatic heterocycles. The van der Waals surface area contributed by atoms with Crippen molar-refractivity contribution in [1.29, 1.82) is 0 Å². The highest BCUT2D eigenvalue weighted by Gasteiger charge is 2.29. The predicted octanol–water partition coefficient (Wildman–Crippen LogP) is 4.52. The molecule has 30 heavy (non-hydrogen) atoms. The molecule has 0 saturated carbocycles. The van der Waals surface area contributed by atoms with Crippen LogP contribution in [-0.4, -0.2) is 43.2 Å². The van der Waals surface area contributed by atoms with Crippen LogP contribution in [0, 0.1) is 0 Å². The first-order chi connectivity index (χ1) is 14.5. The number of hydrogen-bond acceptors (Lipinski definition) is 4. The number of fused-ring (bicyclic) bond motifs is 1. The third kappa shape index (κ3) is 4.62. The van der Waals surface area contributed by atoms with Crippen molar-refractivity contribution in [2.24, 2.45) is 0 Å². The molecule has 2 aromatic carbocycles. The summed E-state index contributed by atoms with van der Waals surface area (Å²) in [7, 11) is 1.87. The number of ether oxygens (including phenoxy) is 1. The van der Waals surface area contributed by atoms with Crippen LogP contribution in [0.5, 0.6) is 0 Å². The van der Waals surface area contributed by atoms with E-state index in [9.17, 15) is 4.79 Å². The Balaban J connectivity index is 1.49. The molecule has 1 N–H and O–H groups in total. The molecule has 1 heterocycles. The van der Waals surface area contributed by atoms with Gasteiger partial charge in [0.05, 0.1) is 6.04 Å². The van der Waals surface area contributed by atoms with Gasteiger partial charge in [-0.3, -0.25) is 0 Å². The van der Waals surface area contributed by atoms with Crippen molar-refractivity contribution in [1.82, 2.24) is 10.2 Å². The number of carbonyl (C=O) groups is 1. The van der Waals surface area contributed by atoms with Crippen LogP contribution in [0.25, 0.3) is 0 Å². The highest BCUT2D eigenvalue weighted by atomic mass is 16.6. The molecule has 2 aliphatic rings. The second kappa shape index (κ2) is 9.09. The molecule has 1 unspecified atom stereocenters. The highest BCUT2D eigenvalue weighted by molar-refractivity contribution is 5.68. The number of aryl methyl sites for hydroxylation is 1. The standard InChI is InChI=1S/C25H33N3O2/c1-18-15-28(16-19(2)26-18)22-13-12-21-10-7-11-24(23(21)14-22)27(3)25(29)30-17-20-8-5-4-6-9-20/h4-6,8-9,12-14,18-19,24,26H,7,10-11,15-17H2,1-3H3/t18-,19-,24?/m0/s1. The number of carbonyl (C=O) groups excluding carboxylic acids is 1. The van der Waals surface area contributed by atoms with E-state index >= 15 is 0 Å². The predicted molar refractivity (Wildman–Crippen MR) is 121 cm³/mol. The van der Waals surface area contributed by atoms with Gasteiger partial charge in [0.1, 0.15) is 6.61 Å². The molecule has 3 atom stereocenters. The quantitative estimate of drug-likeness (QED) is 0.809. The minimum absolute atomic E-state index is 0.0646. The first kappa shape index (κ1) is 20.7. The van der Waals surface area contributed by atoms with Gasteiger partial charge in [-0.25, -0.2) is 4.79 Å². The first-order valence-electron chi connectivity index (χ1n) is 11.1. The molecule has 1 aliphatic carbocycles. The van der Waals surface area contributed by atoms with Gasteiger partial charge in [0.25, 0.3) is 0 Å². The molecule has 5 heteroatoms. The maximum atomic E-state index is 12.8. The van der Waals surface area contributed by atoms with E-state index in [1.54, 1.807) is 4.90 Å². The normalized spacial score (nSPS) is 23.6. The number of rotatable bonds is 4. The minimum atomic E-state index is -0.258. The number of hydrogen-bond donors (Lipinski definition) is 1. The van der Waals surface area contributed by atoms with Crippen LogP contribution < -0.4 is 10.2 Å². The van der Waals surface area contributed by atoms with E-state index in [1.807, 2.05) is 37.4 Å². The summed E-state index contributed by atoms with van der Waals surface area (Å²) in [5.74, 6) is 0. The fraction of sp³-hybridized carbons (Fsp3) is 0.480. The van der Waals surface area contributed by atoms with Crippen molar-refractivity contribution < 1.29 is 9.53 Å². The molecule has 1 saturated heterocycles. The third-order valence-corrected chi connectivity index (χ3v) is 6.30. The molecule has 1 aliphatic heterocycles. The van der Waals surface area contributed by atoms with Gasteiger partial charge in [0.2, 0.25) is 0 Å². The summed E-state index contributed by atoms with van der Waals surface area (Å²) >= 11 is 0. The Bertz CT molecular complexity index is 860. The lowest BCUT2D eigenvalue weighted by molar-refractivity contribution is 0.0876. The van der Waals surface area contributed by atoms with Crippen LogP contribution in [-0.2, 0) is 17.8 Å². The second-order valence-corrected chi connectivity index (χ2v) is 8.82. The lowest BCUT2D eigenvalue weighted by atomic mass is 9.86. The maximum Gasteiger partial charge on any atom is 0.410 e. The number of anilines is 1. The molecule has 1 amide bonds. The average Bonchev–Trinajstić information content (AvgIpc) is 2.76. The van der Waals surface area contributed by atoms with Crippen molar-refractivity contribution in [3.8, 4) is 0 Å². The van der Waals surface area contributed by atoms with Crippen molar-refractivity contribution in [3.63, 3.8) is 0 Å². The molecule has 0 bridgehead atoms. The summed E-state index contributed by atoms with van der Waals surface area (Å²) in [4.78, 5) is 17.0. The number of nitrogens with one attached hydrogen (secondary N) is 1. The van der Waals surface area contributed by atoms with E-state index < -0.39 is 0 Å². The van der Waals surface area contributed by atoms with E-state index in [4.69, 9.17) is 4.74 Å². The number of nitrogens with zero attached hydrogens (tertiary/aromatic N) is 2. The van der Waals surface area contributed by atoms with Crippen LogP contribution >= 0.6 is 0 Å². The molecule has 5 nitrogen and oxygen atoms in total. The van der Waals surface area contributed by atoms with E-state index in [-0.39, 0.29) is 12.1 Å². The zero-order chi connectivity index (χ0) is 21.1. The smallest absolute Gasteiger partial charge is 0.410 e. The van der Waals surface area contributed by atoms with Gasteiger partial charge in [-0.15, -0.1) is 0 Å². The van der Waals surface area contributed by atoms with E-state index in [0.29, 0.717) is 18.7 Å². The minimum Gasteiger partial charge on any atom is -0.445 e. The Hall–Kier alpha value is -2.53. The van der Waals surface area contributed by atoms with Crippen LogP contribution in [0.2, 0.25) is 0 Å². The Labute approximate surface area is 180 Å². The van der Waals surface area contributed by atoms with Gasteiger partial charge >= 0.3 is 6.09 Å². The van der Waals surface area contributed by atoms with Gasteiger partial charge < -0.3 is 19.9 Å². The fourth-order valence-electron chi connectivity index (χ4n) is 4.85. The van der Waals surface area contributed by atoms with Crippen LogP contribution in [0.15, 0.2) is 48.5 Å². The zero-order valence-corrected chi connectivity index (χ0v) is 18.3. The van der Waals surface area contributed by atoms with Gasteiger partial charge in [-0.1, -0.05) is 36.4 Å². The van der Waals surface area contributed by atoms with Crippen LogP contribution in [0.1, 0.15) is 49.4 Å². The molecular weight excluding hydrogens is 374 g/mol. The lowest BCUT2D eigenvalue weighted by Crippen LogP contribution is -2.54. The zero-order valence-electron chi connectivity index (χ0n) is 18.3. The average molecular weight is 408 g/mol. The Morgan fingerprint density at radius 3 is 2.60 bits per heavy atom. The number of benzene rings is 2. The van der Waals surface area contributed by atoms with E-state index in [1.165, 1.54) is 16.8 Å². The maximum absolute atomic E-state index is 12.8. The SMILES string of the molecule is C[C@H]1CN(c2ccc3c(c2)C(N(C)C(=O)OCc2ccccc2)CCC3)C[C@H](C)N1. The van der Waals surface area contributed by atoms with E-state index in [0.717, 1.165) is 37.9 Å². The van der Waals surface area contributed by atoms with Gasteiger partial charge in [0, 0.05) is 37.9 Å². The van der Waals surface area contributed by atoms with Crippen molar-refractivity contribution in [2.75, 3.05) is 25.0 Å². The monoisotopic (exact) mass is 407 g/mol. The summed E-state index contributed by atoms with van der Waals surface area (Å²) < 4.78 is 5.60. The molecule has 160 valence electrons. The molecule has 2 aromatic rings. The third-order valence-electron chi connectivity index (χ3n) is 6.30. The van der Waals surface area contributed by atoms with Crippen molar-refractivity contribution in [3.05, 3.63) is 65.2 Å². The van der Waals surface area contributed by atoms with Gasteiger partial charge in [0.15, 0.2) is 0 Å². The summed E-state index contributed by atoms with van der Waals surface area (Å²) in [6.07, 6.45) is 2.89. The Morgan fingerprint density at radius 1 is 1.13 bits per heavy atom.